The number of rotatable bonds is 39. The first-order valence-electron chi connectivity index (χ1n) is 39.4. The SMILES string of the molecule is CCc1c(CNc2nc(NCCc3c[nH]c4ccccc34)nc(N[C@@H](Cc3c[nH]c4ccccc34)C(=O)O)n2)c(CC)c(CNc2nc(NCCc3c[nH]c4ccccc34)nc(N[C@@H](Cc3c[nH]c4ccccc34)C(=O)O)n2)c(CC)c1CNc1nc(NCCc2c[nH]c3ccccc23)nc(N[C@@H](Cc2c[nH]c3ccccc23)C(=O)O)n1. The number of nitrogens with zero attached hydrogens (tertiary/aromatic N) is 9. The predicted octanol–water partition coefficient (Wildman–Crippen LogP) is 13.9. The minimum Gasteiger partial charge on any atom is -0.480 e. The van der Waals surface area contributed by atoms with Crippen molar-refractivity contribution in [3.63, 3.8) is 0 Å². The molecule has 0 saturated carbocycles. The van der Waals surface area contributed by atoms with Crippen molar-refractivity contribution in [2.75, 3.05) is 67.5 Å². The second-order valence-corrected chi connectivity index (χ2v) is 28.8. The predicted molar refractivity (Wildman–Crippen MR) is 459 cm³/mol. The Hall–Kier alpha value is -14.6. The van der Waals surface area contributed by atoms with Crippen LogP contribution in [0.3, 0.4) is 0 Å². The van der Waals surface area contributed by atoms with Gasteiger partial charge in [-0.15, -0.1) is 0 Å². The van der Waals surface area contributed by atoms with Crippen molar-refractivity contribution in [3.05, 3.63) is 250 Å². The molecule has 0 spiro atoms. The fourth-order valence-corrected chi connectivity index (χ4v) is 15.9. The Bertz CT molecular complexity index is 5640. The number of hydrogen-bond acceptors (Lipinski definition) is 21. The van der Waals surface area contributed by atoms with Gasteiger partial charge in [-0.1, -0.05) is 130 Å². The van der Waals surface area contributed by atoms with Gasteiger partial charge in [0.25, 0.3) is 0 Å². The molecular formula is C87H90N24O6. The molecule has 0 bridgehead atoms. The number of aromatic amines is 6. The van der Waals surface area contributed by atoms with E-state index in [1.807, 2.05) is 165 Å². The Labute approximate surface area is 671 Å². The maximum absolute atomic E-state index is 13.3. The fraction of sp³-hybridized carbons (Fsp3) is 0.241. The standard InChI is InChI=1S/C87H90N24O6/c1-4-55-64(46-97-82-103-79(88-34-31-49-40-91-67-25-13-7-19-58(49)67)106-85(109-82)100-73(76(112)113)37-52-43-94-70-28-16-10-22-61(52)70)56(5-2)66(48-99-84-105-81(90-36-33-51-42-93-69-27-15-9-21-60(51)69)108-87(111-84)102-75(78(116)117)39-54-45-96-72-30-18-12-24-63(54)72)57(6-3)65(55)47-98-83-104-80(89-35-32-50-41-92-68-26-14-8-20-59(50)68)107-86(110-83)101-74(77(114)115)38-53-44-95-71-29-17-11-23-62(53)71/h7-30,40-45,73-75,91-96H,4-6,31-39,46-48H2,1-3H3,(H,112,113)(H,114,115)(H,116,117)(H3,88,97,100,103,106,109)(H3,89,98,101,104,107,110)(H3,90,99,102,105,108,111)/t73-,74-,75-/m0/s1. The summed E-state index contributed by atoms with van der Waals surface area (Å²) < 4.78 is 0. The quantitative estimate of drug-likeness (QED) is 0.0170. The molecule has 30 nitrogen and oxygen atoms in total. The van der Waals surface area contributed by atoms with Gasteiger partial charge in [-0.25, -0.2) is 14.4 Å². The topological polar surface area (TPSA) is 431 Å². The summed E-state index contributed by atoms with van der Waals surface area (Å²) in [5.41, 5.74) is 17.2. The zero-order valence-electron chi connectivity index (χ0n) is 64.8. The van der Waals surface area contributed by atoms with Crippen LogP contribution in [-0.2, 0) is 91.8 Å². The molecule has 0 aliphatic carbocycles. The monoisotopic (exact) mass is 1570 g/mol. The van der Waals surface area contributed by atoms with Crippen molar-refractivity contribution in [1.29, 1.82) is 0 Å². The van der Waals surface area contributed by atoms with Crippen LogP contribution in [0, 0.1) is 0 Å². The highest BCUT2D eigenvalue weighted by atomic mass is 16.4. The summed E-state index contributed by atoms with van der Waals surface area (Å²) in [5, 5.41) is 69.3. The Kier molecular flexibility index (Phi) is 22.7. The molecule has 0 amide bonds. The van der Waals surface area contributed by atoms with Gasteiger partial charge in [0.2, 0.25) is 53.5 Å². The molecule has 30 heteroatoms. The zero-order valence-corrected chi connectivity index (χ0v) is 64.8. The van der Waals surface area contributed by atoms with Gasteiger partial charge < -0.3 is 93.1 Å². The lowest BCUT2D eigenvalue weighted by Crippen LogP contribution is -2.32. The number of carboxylic acids is 3. The first-order valence-corrected chi connectivity index (χ1v) is 39.4. The fourth-order valence-electron chi connectivity index (χ4n) is 15.9. The van der Waals surface area contributed by atoms with E-state index in [1.165, 1.54) is 0 Å². The molecule has 3 atom stereocenters. The van der Waals surface area contributed by atoms with Crippen LogP contribution in [-0.4, -0.2) is 146 Å². The summed E-state index contributed by atoms with van der Waals surface area (Å²) in [7, 11) is 0. The van der Waals surface area contributed by atoms with Crippen molar-refractivity contribution in [1.82, 2.24) is 74.8 Å². The normalized spacial score (nSPS) is 12.3. The number of carboxylic acid groups (broad SMARTS) is 3. The van der Waals surface area contributed by atoms with Gasteiger partial charge in [0, 0.05) is 161 Å². The number of aromatic nitrogens is 15. The third-order valence-corrected chi connectivity index (χ3v) is 21.6. The summed E-state index contributed by atoms with van der Waals surface area (Å²) in [5.74, 6) is -2.06. The Balaban J connectivity index is 0.763. The minimum absolute atomic E-state index is 0.0354. The average molecular weight is 1570 g/mol. The van der Waals surface area contributed by atoms with E-state index < -0.39 is 36.0 Å². The van der Waals surface area contributed by atoms with Gasteiger partial charge in [-0.05, 0) is 142 Å². The van der Waals surface area contributed by atoms with E-state index in [9.17, 15) is 29.7 Å². The second-order valence-electron chi connectivity index (χ2n) is 28.8. The molecule has 9 heterocycles. The van der Waals surface area contributed by atoms with Gasteiger partial charge >= 0.3 is 17.9 Å². The van der Waals surface area contributed by atoms with Crippen LogP contribution in [0.4, 0.5) is 53.5 Å². The molecule has 16 aromatic rings. The van der Waals surface area contributed by atoms with Gasteiger partial charge in [-0.2, -0.15) is 44.9 Å². The Morgan fingerprint density at radius 1 is 0.282 bits per heavy atom. The second kappa shape index (κ2) is 34.8. The number of H-pyrrole nitrogens is 6. The van der Waals surface area contributed by atoms with E-state index in [2.05, 4.69) is 117 Å². The van der Waals surface area contributed by atoms with Crippen LogP contribution >= 0.6 is 0 Å². The minimum atomic E-state index is -1.15. The smallest absolute Gasteiger partial charge is 0.326 e. The number of aliphatic carboxylic acids is 3. The zero-order chi connectivity index (χ0) is 80.3. The van der Waals surface area contributed by atoms with Gasteiger partial charge in [0.05, 0.1) is 0 Å². The molecule has 0 unspecified atom stereocenters. The van der Waals surface area contributed by atoms with E-state index in [4.69, 9.17) is 44.9 Å². The number of hydrogen-bond donors (Lipinski definition) is 18. The molecule has 9 aromatic heterocycles. The van der Waals surface area contributed by atoms with Crippen molar-refractivity contribution in [2.45, 2.75) is 116 Å². The molecule has 0 saturated heterocycles. The summed E-state index contributed by atoms with van der Waals surface area (Å²) >= 11 is 0. The van der Waals surface area contributed by atoms with Crippen molar-refractivity contribution >= 4 is 137 Å². The van der Waals surface area contributed by atoms with Gasteiger partial charge in [0.1, 0.15) is 18.1 Å². The highest BCUT2D eigenvalue weighted by Crippen LogP contribution is 2.35. The van der Waals surface area contributed by atoms with Crippen LogP contribution in [0.5, 0.6) is 0 Å². The van der Waals surface area contributed by atoms with Crippen LogP contribution in [0.15, 0.2) is 183 Å². The van der Waals surface area contributed by atoms with Crippen LogP contribution < -0.4 is 47.9 Å². The molecule has 0 aliphatic heterocycles. The van der Waals surface area contributed by atoms with Crippen LogP contribution in [0.25, 0.3) is 65.4 Å². The van der Waals surface area contributed by atoms with Crippen molar-refractivity contribution in [3.8, 4) is 0 Å². The Morgan fingerprint density at radius 2 is 0.487 bits per heavy atom. The van der Waals surface area contributed by atoms with Crippen molar-refractivity contribution < 1.29 is 29.7 Å². The van der Waals surface area contributed by atoms with Crippen LogP contribution in [0.1, 0.15) is 87.5 Å². The van der Waals surface area contributed by atoms with E-state index >= 15 is 0 Å². The summed E-state index contributed by atoms with van der Waals surface area (Å²) in [4.78, 5) is 104. The number of fused-ring (bicyclic) bond motifs is 6. The molecule has 0 aliphatic rings. The number of benzene rings is 7. The molecule has 7 aromatic carbocycles. The maximum Gasteiger partial charge on any atom is 0.326 e. The number of nitrogens with one attached hydrogen (secondary N) is 15. The van der Waals surface area contributed by atoms with Crippen molar-refractivity contribution in [2.24, 2.45) is 0 Å². The highest BCUT2D eigenvalue weighted by Gasteiger charge is 2.28. The van der Waals surface area contributed by atoms with Gasteiger partial charge in [0.15, 0.2) is 0 Å². The largest absolute Gasteiger partial charge is 0.480 e. The van der Waals surface area contributed by atoms with E-state index in [0.717, 1.165) is 132 Å². The lowest BCUT2D eigenvalue weighted by Gasteiger charge is -2.27. The molecular weight excluding hydrogens is 1480 g/mol. The number of para-hydroxylation sites is 6. The first-order chi connectivity index (χ1) is 57.3. The summed E-state index contributed by atoms with van der Waals surface area (Å²) in [6.45, 7) is 8.09. The highest BCUT2D eigenvalue weighted by molar-refractivity contribution is 5.89. The molecule has 0 fully saturated rings. The molecule has 16 rings (SSSR count). The van der Waals surface area contributed by atoms with E-state index in [-0.39, 0.29) is 92.4 Å². The summed E-state index contributed by atoms with van der Waals surface area (Å²) in [6.07, 6.45) is 15.2. The summed E-state index contributed by atoms with van der Waals surface area (Å²) in [6, 6.07) is 44.1. The van der Waals surface area contributed by atoms with Crippen LogP contribution in [0.2, 0.25) is 0 Å². The molecule has 117 heavy (non-hydrogen) atoms. The van der Waals surface area contributed by atoms with Gasteiger partial charge in [-0.3, -0.25) is 0 Å². The number of anilines is 9. The number of carbonyl (C=O) groups is 3. The lowest BCUT2D eigenvalue weighted by molar-refractivity contribution is -0.138. The van der Waals surface area contributed by atoms with E-state index in [0.29, 0.717) is 58.2 Å². The molecule has 594 valence electrons. The molecule has 0 radical (unpaired) electrons. The third-order valence-electron chi connectivity index (χ3n) is 21.6. The average Bonchev–Trinajstić information content (AvgIpc) is 0.804. The lowest BCUT2D eigenvalue weighted by atomic mass is 9.83. The maximum atomic E-state index is 13.3. The third kappa shape index (κ3) is 17.3. The first kappa shape index (κ1) is 76.4. The Morgan fingerprint density at radius 3 is 0.718 bits per heavy atom. The van der Waals surface area contributed by atoms with E-state index in [1.54, 1.807) is 0 Å². The molecule has 18 N–H and O–H groups in total.